The van der Waals surface area contributed by atoms with E-state index in [1.807, 2.05) is 20.8 Å². The van der Waals surface area contributed by atoms with Crippen molar-refractivity contribution in [3.05, 3.63) is 5.21 Å². The predicted molar refractivity (Wildman–Crippen MR) is 56.8 cm³/mol. The third-order valence-corrected chi connectivity index (χ3v) is 2.31. The number of rotatable bonds is 4. The Morgan fingerprint density at radius 3 is 2.42 bits per heavy atom. The fraction of sp³-hybridized carbons (Fsp3) is 0.889. The average molecular weight is 189 g/mol. The highest BCUT2D eigenvalue weighted by Crippen LogP contribution is 2.08. The van der Waals surface area contributed by atoms with E-state index in [1.165, 1.54) is 12.8 Å². The van der Waals surface area contributed by atoms with Crippen molar-refractivity contribution in [2.45, 2.75) is 46.1 Å². The molecule has 0 rings (SSSR count). The molecule has 0 aliphatic carbocycles. The van der Waals surface area contributed by atoms with E-state index < -0.39 is 0 Å². The molecule has 0 bridgehead atoms. The van der Waals surface area contributed by atoms with Gasteiger partial charge in [-0.1, -0.05) is 25.1 Å². The van der Waals surface area contributed by atoms with E-state index in [1.54, 1.807) is 17.3 Å². The maximum Gasteiger partial charge on any atom is 0.209 e. The first-order valence-electron chi connectivity index (χ1n) is 4.40. The van der Waals surface area contributed by atoms with E-state index in [9.17, 15) is 5.21 Å². The Balaban J connectivity index is 3.70. The molecule has 0 aromatic carbocycles. The van der Waals surface area contributed by atoms with Gasteiger partial charge in [0.05, 0.1) is 0 Å². The molecule has 0 aromatic heterocycles. The molecule has 0 N–H and O–H groups in total. The lowest BCUT2D eigenvalue weighted by Gasteiger charge is -2.18. The Morgan fingerprint density at radius 1 is 1.42 bits per heavy atom. The third-order valence-electron chi connectivity index (χ3n) is 1.45. The van der Waals surface area contributed by atoms with Crippen molar-refractivity contribution in [1.29, 1.82) is 0 Å². The summed E-state index contributed by atoms with van der Waals surface area (Å²) in [4.78, 5) is 0. The van der Waals surface area contributed by atoms with Gasteiger partial charge in [-0.25, -0.2) is 4.74 Å². The number of hydrogen-bond acceptors (Lipinski definition) is 2. The molecule has 0 saturated heterocycles. The smallest absolute Gasteiger partial charge is 0.209 e. The van der Waals surface area contributed by atoms with Crippen LogP contribution in [0.15, 0.2) is 0 Å². The lowest BCUT2D eigenvalue weighted by molar-refractivity contribution is -0.528. The van der Waals surface area contributed by atoms with Gasteiger partial charge in [0.15, 0.2) is 5.54 Å². The fourth-order valence-corrected chi connectivity index (χ4v) is 1.52. The second-order valence-electron chi connectivity index (χ2n) is 3.83. The minimum absolute atomic E-state index is 0.292. The van der Waals surface area contributed by atoms with Crippen molar-refractivity contribution in [3.63, 3.8) is 0 Å². The van der Waals surface area contributed by atoms with Crippen LogP contribution in [-0.2, 0) is 0 Å². The van der Waals surface area contributed by atoms with Gasteiger partial charge in [-0.2, -0.15) is 0 Å². The molecule has 72 valence electrons. The van der Waals surface area contributed by atoms with Gasteiger partial charge in [-0.3, -0.25) is 0 Å². The van der Waals surface area contributed by atoms with E-state index in [-0.39, 0.29) is 5.54 Å². The number of hydrogen-bond donors (Lipinski definition) is 0. The monoisotopic (exact) mass is 189 g/mol. The zero-order valence-electron chi connectivity index (χ0n) is 8.46. The lowest BCUT2D eigenvalue weighted by atomic mass is 10.1. The van der Waals surface area contributed by atoms with Crippen LogP contribution in [0.5, 0.6) is 0 Å². The normalized spacial score (nSPS) is 13.5. The summed E-state index contributed by atoms with van der Waals surface area (Å²) < 4.78 is 1.02. The van der Waals surface area contributed by atoms with E-state index in [2.05, 4.69) is 6.92 Å². The molecule has 0 unspecified atom stereocenters. The van der Waals surface area contributed by atoms with Gasteiger partial charge >= 0.3 is 0 Å². The average Bonchev–Trinajstić information content (AvgIpc) is 1.96. The molecule has 0 atom stereocenters. The summed E-state index contributed by atoms with van der Waals surface area (Å²) in [7, 11) is 0. The van der Waals surface area contributed by atoms with Gasteiger partial charge in [0.2, 0.25) is 5.55 Å². The third kappa shape index (κ3) is 5.47. The highest BCUT2D eigenvalue weighted by atomic mass is 32.2. The van der Waals surface area contributed by atoms with Crippen LogP contribution in [0.3, 0.4) is 0 Å². The lowest BCUT2D eigenvalue weighted by Crippen LogP contribution is -2.28. The number of hydroxylamine groups is 1. The maximum absolute atomic E-state index is 11.3. The van der Waals surface area contributed by atoms with Crippen molar-refractivity contribution in [2.75, 3.05) is 5.75 Å². The van der Waals surface area contributed by atoms with Gasteiger partial charge in [-0.15, -0.1) is 0 Å². The van der Waals surface area contributed by atoms with Crippen LogP contribution in [0.1, 0.15) is 40.5 Å². The molecule has 0 amide bonds. The Bertz CT molecular complexity index is 149. The molecule has 0 fully saturated rings. The summed E-state index contributed by atoms with van der Waals surface area (Å²) in [5, 5.41) is 11.3. The highest BCUT2D eigenvalue weighted by Gasteiger charge is 2.17. The molecule has 0 aliphatic rings. The second kappa shape index (κ2) is 5.46. The van der Waals surface area contributed by atoms with Crippen LogP contribution in [0, 0.1) is 5.21 Å². The SMILES string of the molecule is CCCCS/C=[N+](\[O-])C(C)(C)C. The van der Waals surface area contributed by atoms with Gasteiger partial charge in [0, 0.05) is 26.5 Å². The molecule has 0 aromatic rings. The molecule has 0 saturated carbocycles. The van der Waals surface area contributed by atoms with Crippen molar-refractivity contribution < 1.29 is 4.74 Å². The summed E-state index contributed by atoms with van der Waals surface area (Å²) >= 11 is 1.60. The summed E-state index contributed by atoms with van der Waals surface area (Å²) in [5.74, 6) is 1.05. The van der Waals surface area contributed by atoms with Gasteiger partial charge < -0.3 is 5.21 Å². The standard InChI is InChI=1S/C9H19NOS/c1-5-6-7-12-8-10(11)9(2,3)4/h8H,5-7H2,1-4H3/b10-8-. The van der Waals surface area contributed by atoms with Crippen LogP contribution >= 0.6 is 11.8 Å². The molecule has 0 heterocycles. The van der Waals surface area contributed by atoms with E-state index >= 15 is 0 Å². The fourth-order valence-electron chi connectivity index (χ4n) is 0.506. The largest absolute Gasteiger partial charge is 0.623 e. The molecule has 0 aliphatic heterocycles. The summed E-state index contributed by atoms with van der Waals surface area (Å²) in [6.45, 7) is 7.89. The first-order valence-corrected chi connectivity index (χ1v) is 5.44. The van der Waals surface area contributed by atoms with Crippen LogP contribution in [0.4, 0.5) is 0 Å². The number of thioether (sulfide) groups is 1. The predicted octanol–water partition coefficient (Wildman–Crippen LogP) is 2.86. The Kier molecular flexibility index (Phi) is 5.38. The first kappa shape index (κ1) is 11.8. The van der Waals surface area contributed by atoms with Crippen LogP contribution < -0.4 is 0 Å². The first-order chi connectivity index (χ1) is 5.48. The maximum atomic E-state index is 11.3. The van der Waals surface area contributed by atoms with Crippen molar-refractivity contribution in [3.8, 4) is 0 Å². The Morgan fingerprint density at radius 2 is 2.00 bits per heavy atom. The Hall–Kier alpha value is -0.180. The molecule has 0 radical (unpaired) electrons. The summed E-state index contributed by atoms with van der Waals surface area (Å²) in [5.41, 5.74) is 1.38. The number of nitrogens with zero attached hydrogens (tertiary/aromatic N) is 1. The molecular formula is C9H19NOS. The van der Waals surface area contributed by atoms with Crippen molar-refractivity contribution >= 4 is 17.3 Å². The quantitative estimate of drug-likeness (QED) is 0.170. The van der Waals surface area contributed by atoms with Gasteiger partial charge in [0.1, 0.15) is 0 Å². The second-order valence-corrected chi connectivity index (χ2v) is 4.78. The van der Waals surface area contributed by atoms with Crippen molar-refractivity contribution in [2.24, 2.45) is 0 Å². The minimum Gasteiger partial charge on any atom is -0.623 e. The molecule has 0 spiro atoms. The van der Waals surface area contributed by atoms with Gasteiger partial charge in [-0.05, 0) is 6.42 Å². The summed E-state index contributed by atoms with van der Waals surface area (Å²) in [6, 6.07) is 0. The minimum atomic E-state index is -0.292. The number of unbranched alkanes of at least 4 members (excludes halogenated alkanes) is 1. The zero-order valence-corrected chi connectivity index (χ0v) is 9.28. The van der Waals surface area contributed by atoms with E-state index in [0.717, 1.165) is 10.5 Å². The van der Waals surface area contributed by atoms with Crippen LogP contribution in [0.2, 0.25) is 0 Å². The Labute approximate surface area is 79.6 Å². The van der Waals surface area contributed by atoms with Crippen LogP contribution in [0.25, 0.3) is 0 Å². The van der Waals surface area contributed by atoms with E-state index in [0.29, 0.717) is 0 Å². The summed E-state index contributed by atoms with van der Waals surface area (Å²) in [6.07, 6.45) is 2.37. The molecule has 3 heteroatoms. The molecular weight excluding hydrogens is 170 g/mol. The topological polar surface area (TPSA) is 26.1 Å². The van der Waals surface area contributed by atoms with E-state index in [4.69, 9.17) is 0 Å². The molecule has 2 nitrogen and oxygen atoms in total. The molecule has 12 heavy (non-hydrogen) atoms. The van der Waals surface area contributed by atoms with Crippen molar-refractivity contribution in [1.82, 2.24) is 0 Å². The zero-order chi connectivity index (χ0) is 9.61. The van der Waals surface area contributed by atoms with Crippen LogP contribution in [-0.4, -0.2) is 21.6 Å². The highest BCUT2D eigenvalue weighted by molar-refractivity contribution is 8.11. The van der Waals surface area contributed by atoms with Gasteiger partial charge in [0.25, 0.3) is 0 Å².